The number of H-pyrrole nitrogens is 1. The van der Waals surface area contributed by atoms with Crippen LogP contribution in [0.2, 0.25) is 0 Å². The number of amides is 1. The van der Waals surface area contributed by atoms with Gasteiger partial charge in [-0.25, -0.2) is 4.98 Å². The molecule has 3 aromatic rings. The molecule has 0 aliphatic rings. The summed E-state index contributed by atoms with van der Waals surface area (Å²) in [5.74, 6) is 1.81. The van der Waals surface area contributed by atoms with Crippen LogP contribution >= 0.6 is 23.1 Å². The zero-order chi connectivity index (χ0) is 17.8. The molecule has 3 heterocycles. The molecule has 2 N–H and O–H groups in total. The predicted molar refractivity (Wildman–Crippen MR) is 102 cm³/mol. The van der Waals surface area contributed by atoms with Gasteiger partial charge in [0.15, 0.2) is 0 Å². The maximum absolute atomic E-state index is 12.2. The normalized spacial score (nSPS) is 11.0. The highest BCUT2D eigenvalue weighted by Gasteiger charge is 2.11. The fourth-order valence-electron chi connectivity index (χ4n) is 2.36. The molecule has 1 amide bonds. The molecule has 0 radical (unpaired) electrons. The summed E-state index contributed by atoms with van der Waals surface area (Å²) in [6.45, 7) is 4.48. The van der Waals surface area contributed by atoms with E-state index in [1.165, 1.54) is 0 Å². The van der Waals surface area contributed by atoms with E-state index in [-0.39, 0.29) is 11.5 Å². The molecule has 25 heavy (non-hydrogen) atoms. The molecule has 0 bridgehead atoms. The van der Waals surface area contributed by atoms with Gasteiger partial charge in [0.05, 0.1) is 11.1 Å². The molecular weight excluding hydrogens is 356 g/mol. The third-order valence-electron chi connectivity index (χ3n) is 3.76. The number of hydrogen-bond acceptors (Lipinski definition) is 6. The van der Waals surface area contributed by atoms with Gasteiger partial charge in [0.2, 0.25) is 0 Å². The fraction of sp³-hybridized carbons (Fsp3) is 0.294. The van der Waals surface area contributed by atoms with Crippen LogP contribution in [0.4, 0.5) is 0 Å². The van der Waals surface area contributed by atoms with Crippen LogP contribution in [0.15, 0.2) is 29.2 Å². The molecule has 0 fully saturated rings. The van der Waals surface area contributed by atoms with Crippen molar-refractivity contribution in [2.45, 2.75) is 19.6 Å². The Morgan fingerprint density at radius 3 is 2.96 bits per heavy atom. The van der Waals surface area contributed by atoms with E-state index in [1.807, 2.05) is 13.8 Å². The Kier molecular flexibility index (Phi) is 5.50. The molecule has 0 aromatic carbocycles. The van der Waals surface area contributed by atoms with Crippen LogP contribution in [0.5, 0.6) is 0 Å². The second kappa shape index (κ2) is 7.79. The Bertz CT molecular complexity index is 950. The van der Waals surface area contributed by atoms with Crippen LogP contribution in [-0.4, -0.2) is 33.2 Å². The van der Waals surface area contributed by atoms with Crippen LogP contribution in [0.25, 0.3) is 10.2 Å². The van der Waals surface area contributed by atoms with Gasteiger partial charge in [-0.05, 0) is 31.5 Å². The number of aryl methyl sites for hydroxylation is 2. The average molecular weight is 374 g/mol. The van der Waals surface area contributed by atoms with Crippen molar-refractivity contribution < 1.29 is 4.79 Å². The molecule has 0 unspecified atom stereocenters. The SMILES string of the molecule is Cc1sc2nc(CSCCNC(=O)c3ccccn3)[nH]c(=O)c2c1C. The van der Waals surface area contributed by atoms with E-state index < -0.39 is 0 Å². The van der Waals surface area contributed by atoms with Gasteiger partial charge < -0.3 is 10.3 Å². The summed E-state index contributed by atoms with van der Waals surface area (Å²) >= 11 is 3.16. The summed E-state index contributed by atoms with van der Waals surface area (Å²) in [6.07, 6.45) is 1.59. The van der Waals surface area contributed by atoms with Crippen molar-refractivity contribution in [2.24, 2.45) is 0 Å². The topological polar surface area (TPSA) is 87.7 Å². The van der Waals surface area contributed by atoms with Gasteiger partial charge in [0.1, 0.15) is 16.3 Å². The minimum Gasteiger partial charge on any atom is -0.350 e. The second-order valence-electron chi connectivity index (χ2n) is 5.50. The van der Waals surface area contributed by atoms with Crippen molar-refractivity contribution in [2.75, 3.05) is 12.3 Å². The summed E-state index contributed by atoms with van der Waals surface area (Å²) in [4.78, 5) is 37.4. The average Bonchev–Trinajstić information content (AvgIpc) is 2.89. The van der Waals surface area contributed by atoms with E-state index in [0.29, 0.717) is 29.2 Å². The number of aromatic amines is 1. The van der Waals surface area contributed by atoms with Crippen molar-refractivity contribution >= 4 is 39.2 Å². The third kappa shape index (κ3) is 4.08. The second-order valence-corrected chi connectivity index (χ2v) is 7.81. The molecular formula is C17H18N4O2S2. The summed E-state index contributed by atoms with van der Waals surface area (Å²) in [6, 6.07) is 5.23. The Morgan fingerprint density at radius 1 is 1.36 bits per heavy atom. The smallest absolute Gasteiger partial charge is 0.269 e. The molecule has 8 heteroatoms. The van der Waals surface area contributed by atoms with Gasteiger partial charge in [-0.2, -0.15) is 11.8 Å². The number of carbonyl (C=O) groups excluding carboxylic acids is 1. The molecule has 0 saturated heterocycles. The van der Waals surface area contributed by atoms with Gasteiger partial charge in [0, 0.05) is 23.4 Å². The maximum atomic E-state index is 12.2. The molecule has 6 nitrogen and oxygen atoms in total. The monoisotopic (exact) mass is 374 g/mol. The van der Waals surface area contributed by atoms with Gasteiger partial charge >= 0.3 is 0 Å². The molecule has 0 aliphatic carbocycles. The zero-order valence-electron chi connectivity index (χ0n) is 14.0. The Balaban J connectivity index is 1.52. The number of aromatic nitrogens is 3. The number of nitrogens with one attached hydrogen (secondary N) is 2. The molecule has 3 aromatic heterocycles. The van der Waals surface area contributed by atoms with Crippen molar-refractivity contribution in [1.82, 2.24) is 20.3 Å². The van der Waals surface area contributed by atoms with Gasteiger partial charge in [-0.3, -0.25) is 14.6 Å². The number of carbonyl (C=O) groups is 1. The number of hydrogen-bond donors (Lipinski definition) is 2. The summed E-state index contributed by atoms with van der Waals surface area (Å²) in [7, 11) is 0. The van der Waals surface area contributed by atoms with Crippen molar-refractivity contribution in [3.8, 4) is 0 Å². The third-order valence-corrected chi connectivity index (χ3v) is 5.83. The summed E-state index contributed by atoms with van der Waals surface area (Å²) in [5.41, 5.74) is 1.34. The molecule has 0 spiro atoms. The lowest BCUT2D eigenvalue weighted by atomic mass is 10.2. The van der Waals surface area contributed by atoms with E-state index in [2.05, 4.69) is 20.3 Å². The molecule has 130 valence electrons. The highest BCUT2D eigenvalue weighted by Crippen LogP contribution is 2.26. The Labute approximate surface area is 153 Å². The Hall–Kier alpha value is -2.19. The van der Waals surface area contributed by atoms with E-state index in [1.54, 1.807) is 47.5 Å². The van der Waals surface area contributed by atoms with Crippen molar-refractivity contribution in [3.63, 3.8) is 0 Å². The van der Waals surface area contributed by atoms with Crippen LogP contribution in [0, 0.1) is 13.8 Å². The quantitative estimate of drug-likeness (QED) is 0.648. The van der Waals surface area contributed by atoms with Crippen LogP contribution in [0.1, 0.15) is 26.8 Å². The van der Waals surface area contributed by atoms with E-state index in [0.717, 1.165) is 21.0 Å². The molecule has 0 aliphatic heterocycles. The lowest BCUT2D eigenvalue weighted by molar-refractivity contribution is 0.0951. The fourth-order valence-corrected chi connectivity index (χ4v) is 4.13. The number of thioether (sulfide) groups is 1. The maximum Gasteiger partial charge on any atom is 0.269 e. The largest absolute Gasteiger partial charge is 0.350 e. The van der Waals surface area contributed by atoms with Gasteiger partial charge in [-0.1, -0.05) is 6.07 Å². The summed E-state index contributed by atoms with van der Waals surface area (Å²) in [5, 5.41) is 3.52. The minimum absolute atomic E-state index is 0.0779. The zero-order valence-corrected chi connectivity index (χ0v) is 15.6. The van der Waals surface area contributed by atoms with Gasteiger partial charge in [-0.15, -0.1) is 11.3 Å². The number of rotatable bonds is 6. The first kappa shape index (κ1) is 17.6. The first-order valence-corrected chi connectivity index (χ1v) is 9.79. The lowest BCUT2D eigenvalue weighted by Crippen LogP contribution is -2.26. The van der Waals surface area contributed by atoms with Gasteiger partial charge in [0.25, 0.3) is 11.5 Å². The molecule has 3 rings (SSSR count). The Morgan fingerprint density at radius 2 is 2.20 bits per heavy atom. The number of thiophene rings is 1. The highest BCUT2D eigenvalue weighted by molar-refractivity contribution is 7.98. The first-order valence-electron chi connectivity index (χ1n) is 7.82. The number of pyridine rings is 1. The number of nitrogens with zero attached hydrogens (tertiary/aromatic N) is 2. The van der Waals surface area contributed by atoms with Crippen LogP contribution < -0.4 is 10.9 Å². The van der Waals surface area contributed by atoms with E-state index in [9.17, 15) is 9.59 Å². The molecule has 0 atom stereocenters. The van der Waals surface area contributed by atoms with Crippen molar-refractivity contribution in [1.29, 1.82) is 0 Å². The highest BCUT2D eigenvalue weighted by atomic mass is 32.2. The molecule has 0 saturated carbocycles. The van der Waals surface area contributed by atoms with Crippen molar-refractivity contribution in [3.05, 3.63) is 56.7 Å². The first-order chi connectivity index (χ1) is 12.1. The minimum atomic E-state index is -0.182. The van der Waals surface area contributed by atoms with Crippen LogP contribution in [0.3, 0.4) is 0 Å². The van der Waals surface area contributed by atoms with E-state index >= 15 is 0 Å². The van der Waals surface area contributed by atoms with E-state index in [4.69, 9.17) is 0 Å². The number of fused-ring (bicyclic) bond motifs is 1. The lowest BCUT2D eigenvalue weighted by Gasteiger charge is -2.04. The summed E-state index contributed by atoms with van der Waals surface area (Å²) < 4.78 is 0. The van der Waals surface area contributed by atoms with Crippen LogP contribution in [-0.2, 0) is 5.75 Å². The predicted octanol–water partition coefficient (Wildman–Crippen LogP) is 2.66. The standard InChI is InChI=1S/C17H18N4O2S2/c1-10-11(2)25-17-14(10)16(23)20-13(21-17)9-24-8-7-19-15(22)12-5-3-4-6-18-12/h3-6H,7-9H2,1-2H3,(H,19,22)(H,20,21,23).